The summed E-state index contributed by atoms with van der Waals surface area (Å²) in [6.07, 6.45) is -4.06. The highest BCUT2D eigenvalue weighted by molar-refractivity contribution is 7.10. The molecule has 3 heterocycles. The van der Waals surface area contributed by atoms with Crippen LogP contribution in [0.5, 0.6) is 5.75 Å². The number of fused-ring (bicyclic) bond motifs is 1. The molecule has 2 aromatic heterocycles. The number of carbonyl (C=O) groups excluding carboxylic acids is 2. The van der Waals surface area contributed by atoms with Crippen LogP contribution in [-0.2, 0) is 11.4 Å². The van der Waals surface area contributed by atoms with Crippen LogP contribution in [0.2, 0.25) is 0 Å². The summed E-state index contributed by atoms with van der Waals surface area (Å²) in [4.78, 5) is 34.7. The lowest BCUT2D eigenvalue weighted by molar-refractivity contribution is -0.274. The van der Waals surface area contributed by atoms with E-state index in [1.165, 1.54) is 35.6 Å². The van der Waals surface area contributed by atoms with E-state index in [4.69, 9.17) is 4.84 Å². The Kier molecular flexibility index (Phi) is 7.60. The van der Waals surface area contributed by atoms with Crippen LogP contribution in [0.3, 0.4) is 0 Å². The van der Waals surface area contributed by atoms with Crippen LogP contribution in [0.4, 0.5) is 23.7 Å². The molecule has 3 N–H and O–H groups in total. The minimum atomic E-state index is -4.76. The fourth-order valence-electron chi connectivity index (χ4n) is 4.02. The number of aromatic amines is 1. The van der Waals surface area contributed by atoms with E-state index in [0.29, 0.717) is 53.9 Å². The van der Waals surface area contributed by atoms with Gasteiger partial charge in [-0.1, -0.05) is 12.1 Å². The summed E-state index contributed by atoms with van der Waals surface area (Å²) >= 11 is 1.41. The van der Waals surface area contributed by atoms with Gasteiger partial charge in [-0.25, -0.2) is 9.78 Å². The number of aromatic nitrogens is 4. The smallest absolute Gasteiger partial charge is 0.406 e. The number of hydrogen-bond donors (Lipinski definition) is 3. The number of hydroxylamine groups is 2. The molecule has 0 spiro atoms. The van der Waals surface area contributed by atoms with Crippen LogP contribution in [0.1, 0.15) is 39.8 Å². The second-order valence-electron chi connectivity index (χ2n) is 8.68. The predicted octanol–water partition coefficient (Wildman–Crippen LogP) is 4.59. The molecule has 39 heavy (non-hydrogen) atoms. The number of H-pyrrole nitrogens is 1. The summed E-state index contributed by atoms with van der Waals surface area (Å²) in [5.41, 5.74) is 2.84. The zero-order chi connectivity index (χ0) is 27.4. The summed E-state index contributed by atoms with van der Waals surface area (Å²) in [6.45, 7) is 1.05. The molecule has 1 saturated heterocycles. The van der Waals surface area contributed by atoms with Crippen LogP contribution in [0.15, 0.2) is 47.8 Å². The number of halogens is 3. The third-order valence-electron chi connectivity index (χ3n) is 5.94. The van der Waals surface area contributed by atoms with Gasteiger partial charge in [0.1, 0.15) is 22.5 Å². The van der Waals surface area contributed by atoms with Gasteiger partial charge in [-0.3, -0.25) is 4.79 Å². The molecule has 11 nitrogen and oxygen atoms in total. The lowest BCUT2D eigenvalue weighted by Gasteiger charge is -2.29. The molecule has 2 amide bonds. The molecule has 0 bridgehead atoms. The monoisotopic (exact) mass is 561 g/mol. The molecular weight excluding hydrogens is 539 g/mol. The van der Waals surface area contributed by atoms with Gasteiger partial charge in [-0.15, -0.1) is 29.6 Å². The second kappa shape index (κ2) is 11.2. The topological polar surface area (TPSA) is 134 Å². The van der Waals surface area contributed by atoms with Crippen molar-refractivity contribution in [2.45, 2.75) is 31.7 Å². The number of piperidine rings is 1. The van der Waals surface area contributed by atoms with Crippen LogP contribution in [0.25, 0.3) is 11.0 Å². The van der Waals surface area contributed by atoms with Crippen molar-refractivity contribution in [2.24, 2.45) is 0 Å². The SMILES string of the molecule is O=C(NCc1ccc(OC(F)(F)F)cc1)ON1CCC(c2nc(C(=O)Nc3ccc4n[nH]nc4c3)cs2)CC1. The normalized spacial score (nSPS) is 14.7. The summed E-state index contributed by atoms with van der Waals surface area (Å²) in [5.74, 6) is -0.529. The molecule has 1 aliphatic rings. The molecule has 15 heteroatoms. The van der Waals surface area contributed by atoms with E-state index in [1.54, 1.807) is 28.6 Å². The van der Waals surface area contributed by atoms with Crippen molar-refractivity contribution < 1.29 is 32.3 Å². The van der Waals surface area contributed by atoms with Crippen LogP contribution in [-0.4, -0.2) is 56.9 Å². The number of carbonyl (C=O) groups is 2. The van der Waals surface area contributed by atoms with Crippen molar-refractivity contribution in [2.75, 3.05) is 18.4 Å². The van der Waals surface area contributed by atoms with Gasteiger partial charge in [0.05, 0.1) is 5.01 Å². The predicted molar refractivity (Wildman–Crippen MR) is 134 cm³/mol. The number of benzene rings is 2. The quantitative estimate of drug-likeness (QED) is 0.298. The van der Waals surface area contributed by atoms with Gasteiger partial charge < -0.3 is 20.2 Å². The summed E-state index contributed by atoms with van der Waals surface area (Å²) in [5, 5.41) is 20.0. The number of ether oxygens (including phenoxy) is 1. The first-order valence-corrected chi connectivity index (χ1v) is 12.7. The van der Waals surface area contributed by atoms with E-state index in [0.717, 1.165) is 5.01 Å². The highest BCUT2D eigenvalue weighted by atomic mass is 32.1. The van der Waals surface area contributed by atoms with Crippen LogP contribution < -0.4 is 15.4 Å². The van der Waals surface area contributed by atoms with E-state index < -0.39 is 12.5 Å². The Hall–Kier alpha value is -4.24. The third-order valence-corrected chi connectivity index (χ3v) is 6.94. The first-order chi connectivity index (χ1) is 18.7. The number of thiazole rings is 1. The van der Waals surface area contributed by atoms with Gasteiger partial charge in [-0.05, 0) is 48.7 Å². The van der Waals surface area contributed by atoms with Crippen molar-refractivity contribution in [1.29, 1.82) is 0 Å². The third kappa shape index (κ3) is 7.00. The summed E-state index contributed by atoms with van der Waals surface area (Å²) in [7, 11) is 0. The number of hydrogen-bond acceptors (Lipinski definition) is 9. The van der Waals surface area contributed by atoms with E-state index in [1.807, 2.05) is 0 Å². The Labute approximate surface area is 223 Å². The largest absolute Gasteiger partial charge is 0.573 e. The van der Waals surface area contributed by atoms with Crippen molar-refractivity contribution in [3.8, 4) is 5.75 Å². The maximum atomic E-state index is 12.7. The fourth-order valence-corrected chi connectivity index (χ4v) is 4.99. The molecule has 0 aliphatic carbocycles. The Morgan fingerprint density at radius 2 is 1.82 bits per heavy atom. The molecule has 0 unspecified atom stereocenters. The Bertz CT molecular complexity index is 1450. The van der Waals surface area contributed by atoms with Gasteiger partial charge in [0.2, 0.25) is 0 Å². The standard InChI is InChI=1S/C24H22F3N7O4S/c25-24(26,27)37-17-4-1-14(2-5-17)12-28-23(36)38-34-9-7-15(8-10-34)22-30-20(13-39-22)21(35)29-16-3-6-18-19(11-16)32-33-31-18/h1-6,11,13,15H,7-10,12H2,(H,28,36)(H,29,35)(H,31,32,33). The average Bonchev–Trinajstić information content (AvgIpc) is 3.58. The van der Waals surface area contributed by atoms with Crippen LogP contribution >= 0.6 is 11.3 Å². The van der Waals surface area contributed by atoms with Gasteiger partial charge in [0.15, 0.2) is 0 Å². The van der Waals surface area contributed by atoms with E-state index in [-0.39, 0.29) is 24.1 Å². The zero-order valence-corrected chi connectivity index (χ0v) is 21.0. The van der Waals surface area contributed by atoms with Gasteiger partial charge in [0, 0.05) is 36.6 Å². The first kappa shape index (κ1) is 26.4. The van der Waals surface area contributed by atoms with Crippen molar-refractivity contribution >= 4 is 40.1 Å². The second-order valence-corrected chi connectivity index (χ2v) is 9.57. The number of rotatable bonds is 7. The van der Waals surface area contributed by atoms with Crippen LogP contribution in [0, 0.1) is 0 Å². The van der Waals surface area contributed by atoms with Gasteiger partial charge >= 0.3 is 12.5 Å². The lowest BCUT2D eigenvalue weighted by Crippen LogP contribution is -2.38. The number of amides is 2. The minimum absolute atomic E-state index is 0.0813. The highest BCUT2D eigenvalue weighted by Crippen LogP contribution is 2.31. The molecule has 2 aromatic carbocycles. The zero-order valence-electron chi connectivity index (χ0n) is 20.2. The fraction of sp³-hybridized carbons (Fsp3) is 0.292. The van der Waals surface area contributed by atoms with Gasteiger partial charge in [-0.2, -0.15) is 15.4 Å². The summed E-state index contributed by atoms with van der Waals surface area (Å²) in [6, 6.07) is 10.4. The summed E-state index contributed by atoms with van der Waals surface area (Å²) < 4.78 is 40.6. The molecular formula is C24H22F3N7O4S. The molecule has 0 radical (unpaired) electrons. The maximum Gasteiger partial charge on any atom is 0.573 e. The number of nitrogens with one attached hydrogen (secondary N) is 3. The Balaban J connectivity index is 1.05. The molecule has 204 valence electrons. The van der Waals surface area contributed by atoms with Crippen molar-refractivity contribution in [3.05, 3.63) is 64.1 Å². The van der Waals surface area contributed by atoms with E-state index in [2.05, 4.69) is 35.8 Å². The number of nitrogens with zero attached hydrogens (tertiary/aromatic N) is 4. The van der Waals surface area contributed by atoms with E-state index >= 15 is 0 Å². The Morgan fingerprint density at radius 3 is 2.56 bits per heavy atom. The van der Waals surface area contributed by atoms with Crippen molar-refractivity contribution in [3.63, 3.8) is 0 Å². The molecule has 0 atom stereocenters. The first-order valence-electron chi connectivity index (χ1n) is 11.8. The molecule has 0 saturated carbocycles. The lowest BCUT2D eigenvalue weighted by atomic mass is 9.99. The number of alkyl halides is 3. The molecule has 1 aliphatic heterocycles. The molecule has 4 aromatic rings. The Morgan fingerprint density at radius 1 is 1.08 bits per heavy atom. The van der Waals surface area contributed by atoms with Gasteiger partial charge in [0.25, 0.3) is 5.91 Å². The molecule has 5 rings (SSSR count). The minimum Gasteiger partial charge on any atom is -0.406 e. The number of anilines is 1. The molecule has 1 fully saturated rings. The van der Waals surface area contributed by atoms with Crippen molar-refractivity contribution in [1.82, 2.24) is 30.8 Å². The van der Waals surface area contributed by atoms with E-state index in [9.17, 15) is 22.8 Å². The average molecular weight is 562 g/mol. The maximum absolute atomic E-state index is 12.7. The highest BCUT2D eigenvalue weighted by Gasteiger charge is 2.31.